The Morgan fingerprint density at radius 3 is 2.51 bits per heavy atom. The molecule has 2 saturated heterocycles. The van der Waals surface area contributed by atoms with E-state index in [9.17, 15) is 22.8 Å². The highest BCUT2D eigenvalue weighted by atomic mass is 35.5. The number of halogens is 4. The molecule has 3 fully saturated rings. The molecule has 3 aromatic rings. The lowest BCUT2D eigenvalue weighted by Crippen LogP contribution is -2.62. The molecule has 1 aromatic carbocycles. The molecule has 4 heterocycles. The number of oxazole rings is 1. The van der Waals surface area contributed by atoms with Gasteiger partial charge in [-0.25, -0.2) is 4.98 Å². The number of hydrogen-bond acceptors (Lipinski definition) is 6. The summed E-state index contributed by atoms with van der Waals surface area (Å²) >= 11 is 7.16. The van der Waals surface area contributed by atoms with Crippen molar-refractivity contribution in [3.05, 3.63) is 68.8 Å². The SMILES string of the molecule is CC1(C)C[C@@H]1C(=O)N1CC2(CN(C(=O)c3cncs3)CC2c2ncc(Cc3ccc(C(F)(F)F)c(Cl)c3)o2)C1. The van der Waals surface area contributed by atoms with Crippen LogP contribution in [0.5, 0.6) is 0 Å². The summed E-state index contributed by atoms with van der Waals surface area (Å²) in [5, 5.41) is -0.371. The van der Waals surface area contributed by atoms with Crippen molar-refractivity contribution in [3.63, 3.8) is 0 Å². The molecule has 1 spiro atoms. The second-order valence-electron chi connectivity index (χ2n) is 11.6. The molecule has 206 valence electrons. The van der Waals surface area contributed by atoms with E-state index in [4.69, 9.17) is 16.0 Å². The summed E-state index contributed by atoms with van der Waals surface area (Å²) in [4.78, 5) is 38.9. The standard InChI is InChI=1S/C27H26ClF3N4O3S/c1-25(2)7-18(25)23(36)35-12-26(13-35)11-34(24(37)21-9-32-14-39-21)10-19(26)22-33-8-16(38-22)5-15-3-4-17(20(28)6-15)27(29,30)31/h3-4,6,8-9,14,18-19H,5,7,10-13H2,1-2H3/t18-,19?/m1/s1. The quantitative estimate of drug-likeness (QED) is 0.399. The molecule has 39 heavy (non-hydrogen) atoms. The van der Waals surface area contributed by atoms with E-state index in [2.05, 4.69) is 23.8 Å². The number of carbonyl (C=O) groups excluding carboxylic acids is 2. The topological polar surface area (TPSA) is 79.5 Å². The van der Waals surface area contributed by atoms with Gasteiger partial charge in [-0.05, 0) is 29.5 Å². The molecule has 7 nitrogen and oxygen atoms in total. The van der Waals surface area contributed by atoms with Crippen molar-refractivity contribution >= 4 is 34.8 Å². The van der Waals surface area contributed by atoms with E-state index in [-0.39, 0.29) is 45.9 Å². The van der Waals surface area contributed by atoms with E-state index in [0.717, 1.165) is 12.5 Å². The highest BCUT2D eigenvalue weighted by Gasteiger charge is 2.61. The fourth-order valence-corrected chi connectivity index (χ4v) is 6.80. The van der Waals surface area contributed by atoms with Crippen LogP contribution >= 0.6 is 22.9 Å². The van der Waals surface area contributed by atoms with Crippen molar-refractivity contribution in [2.24, 2.45) is 16.7 Å². The highest BCUT2D eigenvalue weighted by Crippen LogP contribution is 2.55. The Bertz CT molecular complexity index is 1430. The Morgan fingerprint density at radius 1 is 1.18 bits per heavy atom. The van der Waals surface area contributed by atoms with Gasteiger partial charge in [-0.2, -0.15) is 13.2 Å². The predicted octanol–water partition coefficient (Wildman–Crippen LogP) is 5.51. The average Bonchev–Trinajstić information content (AvgIpc) is 3.34. The van der Waals surface area contributed by atoms with E-state index in [0.29, 0.717) is 48.3 Å². The summed E-state index contributed by atoms with van der Waals surface area (Å²) in [6.45, 7) is 6.08. The summed E-state index contributed by atoms with van der Waals surface area (Å²) in [7, 11) is 0. The lowest BCUT2D eigenvalue weighted by Gasteiger charge is -2.50. The van der Waals surface area contributed by atoms with Gasteiger partial charge in [-0.3, -0.25) is 14.6 Å². The van der Waals surface area contributed by atoms with Crippen LogP contribution in [0.4, 0.5) is 13.2 Å². The summed E-state index contributed by atoms with van der Waals surface area (Å²) in [5.74, 6) is 0.795. The van der Waals surface area contributed by atoms with Crippen molar-refractivity contribution in [2.75, 3.05) is 26.2 Å². The number of rotatable bonds is 5. The number of benzene rings is 1. The number of alkyl halides is 3. The first kappa shape index (κ1) is 26.3. The monoisotopic (exact) mass is 578 g/mol. The molecular weight excluding hydrogens is 553 g/mol. The third-order valence-corrected chi connectivity index (χ3v) is 9.37. The summed E-state index contributed by atoms with van der Waals surface area (Å²) in [6.07, 6.45) is -0.309. The molecule has 2 atom stereocenters. The second-order valence-corrected chi connectivity index (χ2v) is 12.9. The molecule has 0 radical (unpaired) electrons. The molecule has 0 bridgehead atoms. The minimum atomic E-state index is -4.53. The van der Waals surface area contributed by atoms with Crippen LogP contribution in [-0.2, 0) is 17.4 Å². The molecule has 1 saturated carbocycles. The smallest absolute Gasteiger partial charge is 0.417 e. The highest BCUT2D eigenvalue weighted by molar-refractivity contribution is 7.11. The number of aromatic nitrogens is 2. The number of thiazole rings is 1. The van der Waals surface area contributed by atoms with Gasteiger partial charge < -0.3 is 14.2 Å². The molecule has 1 aliphatic carbocycles. The van der Waals surface area contributed by atoms with Crippen LogP contribution < -0.4 is 0 Å². The summed E-state index contributed by atoms with van der Waals surface area (Å²) < 4.78 is 45.3. The van der Waals surface area contributed by atoms with Crippen LogP contribution in [0.15, 0.2) is 40.5 Å². The summed E-state index contributed by atoms with van der Waals surface area (Å²) in [5.41, 5.74) is 0.942. The summed E-state index contributed by atoms with van der Waals surface area (Å²) in [6, 6.07) is 3.62. The number of carbonyl (C=O) groups is 2. The van der Waals surface area contributed by atoms with Crippen molar-refractivity contribution < 1.29 is 27.2 Å². The normalized spacial score (nSPS) is 23.2. The molecule has 1 unspecified atom stereocenters. The van der Waals surface area contributed by atoms with Crippen molar-refractivity contribution in [3.8, 4) is 0 Å². The minimum Gasteiger partial charge on any atom is -0.445 e. The first-order valence-corrected chi connectivity index (χ1v) is 13.9. The van der Waals surface area contributed by atoms with Gasteiger partial charge in [0.05, 0.1) is 34.4 Å². The molecule has 6 rings (SSSR count). The largest absolute Gasteiger partial charge is 0.445 e. The van der Waals surface area contributed by atoms with E-state index >= 15 is 0 Å². The lowest BCUT2D eigenvalue weighted by atomic mass is 9.71. The molecule has 3 aliphatic rings. The number of nitrogens with zero attached hydrogens (tertiary/aromatic N) is 4. The van der Waals surface area contributed by atoms with Gasteiger partial charge in [-0.1, -0.05) is 31.5 Å². The third-order valence-electron chi connectivity index (χ3n) is 8.30. The fourth-order valence-electron chi connectivity index (χ4n) is 5.91. The van der Waals surface area contributed by atoms with Gasteiger partial charge in [0.1, 0.15) is 10.6 Å². The molecule has 2 amide bonds. The van der Waals surface area contributed by atoms with Crippen molar-refractivity contribution in [2.45, 2.75) is 38.8 Å². The zero-order chi connectivity index (χ0) is 27.7. The number of likely N-dealkylation sites (tertiary alicyclic amines) is 2. The van der Waals surface area contributed by atoms with E-state index in [1.165, 1.54) is 23.5 Å². The van der Waals surface area contributed by atoms with E-state index in [1.54, 1.807) is 22.8 Å². The fraction of sp³-hybridized carbons (Fsp3) is 0.481. The van der Waals surface area contributed by atoms with Crippen LogP contribution in [0, 0.1) is 16.7 Å². The van der Waals surface area contributed by atoms with Crippen LogP contribution in [0.1, 0.15) is 58.6 Å². The average molecular weight is 579 g/mol. The first-order valence-electron chi connectivity index (χ1n) is 12.6. The maximum absolute atomic E-state index is 13.2. The van der Waals surface area contributed by atoms with Gasteiger partial charge in [0.2, 0.25) is 5.91 Å². The van der Waals surface area contributed by atoms with Gasteiger partial charge in [-0.15, -0.1) is 11.3 Å². The minimum absolute atomic E-state index is 0.0295. The maximum atomic E-state index is 13.2. The Hall–Kier alpha value is -2.92. The van der Waals surface area contributed by atoms with Gasteiger partial charge in [0, 0.05) is 43.9 Å². The van der Waals surface area contributed by atoms with Crippen molar-refractivity contribution in [1.82, 2.24) is 19.8 Å². The van der Waals surface area contributed by atoms with Gasteiger partial charge >= 0.3 is 6.18 Å². The Morgan fingerprint density at radius 2 is 1.90 bits per heavy atom. The molecule has 12 heteroatoms. The number of hydrogen-bond donors (Lipinski definition) is 0. The lowest BCUT2D eigenvalue weighted by molar-refractivity contribution is -0.146. The zero-order valence-electron chi connectivity index (χ0n) is 21.3. The van der Waals surface area contributed by atoms with E-state index in [1.807, 2.05) is 4.90 Å². The molecular formula is C27H26ClF3N4O3S. The van der Waals surface area contributed by atoms with E-state index < -0.39 is 11.7 Å². The first-order chi connectivity index (χ1) is 18.4. The van der Waals surface area contributed by atoms with Gasteiger partial charge in [0.15, 0.2) is 5.89 Å². The second kappa shape index (κ2) is 9.05. The van der Waals surface area contributed by atoms with Crippen LogP contribution in [0.3, 0.4) is 0 Å². The Balaban J connectivity index is 1.22. The predicted molar refractivity (Wildman–Crippen MR) is 137 cm³/mol. The Kier molecular flexibility index (Phi) is 6.11. The number of amides is 2. The molecule has 2 aromatic heterocycles. The Labute approximate surface area is 232 Å². The zero-order valence-corrected chi connectivity index (χ0v) is 22.9. The third kappa shape index (κ3) is 4.73. The van der Waals surface area contributed by atoms with Crippen LogP contribution in [0.2, 0.25) is 5.02 Å². The molecule has 2 aliphatic heterocycles. The molecule has 0 N–H and O–H groups in total. The van der Waals surface area contributed by atoms with Crippen LogP contribution in [-0.4, -0.2) is 57.8 Å². The van der Waals surface area contributed by atoms with Crippen molar-refractivity contribution in [1.29, 1.82) is 0 Å². The van der Waals surface area contributed by atoms with Crippen LogP contribution in [0.25, 0.3) is 0 Å². The maximum Gasteiger partial charge on any atom is 0.417 e. The van der Waals surface area contributed by atoms with Gasteiger partial charge in [0.25, 0.3) is 5.91 Å².